The van der Waals surface area contributed by atoms with Gasteiger partial charge in [0.05, 0.1) is 0 Å². The highest BCUT2D eigenvalue weighted by atomic mass is 16.2. The van der Waals surface area contributed by atoms with E-state index in [1.807, 2.05) is 44.2 Å². The van der Waals surface area contributed by atoms with Crippen molar-refractivity contribution in [2.24, 2.45) is 0 Å². The molecule has 0 aliphatic rings. The van der Waals surface area contributed by atoms with Gasteiger partial charge in [-0.1, -0.05) is 18.2 Å². The fraction of sp³-hybridized carbons (Fsp3) is 0.467. The Balaban J connectivity index is 2.62. The van der Waals surface area contributed by atoms with Gasteiger partial charge >= 0.3 is 0 Å². The predicted molar refractivity (Wildman–Crippen MR) is 75.9 cm³/mol. The molecule has 104 valence electrons. The lowest BCUT2D eigenvalue weighted by Crippen LogP contribution is -2.38. The smallest absolute Gasteiger partial charge is 0.254 e. The van der Waals surface area contributed by atoms with Crippen molar-refractivity contribution >= 4 is 11.8 Å². The minimum absolute atomic E-state index is 0.0101. The summed E-state index contributed by atoms with van der Waals surface area (Å²) in [6, 6.07) is 9.36. The molecular weight excluding hydrogens is 240 g/mol. The van der Waals surface area contributed by atoms with E-state index in [0.717, 1.165) is 0 Å². The summed E-state index contributed by atoms with van der Waals surface area (Å²) in [6.45, 7) is 4.57. The molecule has 19 heavy (non-hydrogen) atoms. The number of benzene rings is 1. The van der Waals surface area contributed by atoms with E-state index in [0.29, 0.717) is 24.9 Å². The summed E-state index contributed by atoms with van der Waals surface area (Å²) in [5, 5.41) is 2.59. The van der Waals surface area contributed by atoms with Crippen molar-refractivity contribution in [1.82, 2.24) is 10.2 Å². The number of carbonyl (C=O) groups is 2. The molecular formula is C15H22N2O2. The number of hydrogen-bond acceptors (Lipinski definition) is 2. The number of rotatable bonds is 6. The molecule has 1 rings (SSSR count). The molecule has 1 aromatic carbocycles. The molecule has 0 fully saturated rings. The van der Waals surface area contributed by atoms with Crippen LogP contribution in [0.1, 0.15) is 37.0 Å². The molecule has 0 aliphatic carbocycles. The summed E-state index contributed by atoms with van der Waals surface area (Å²) in [5.74, 6) is 0.0309. The van der Waals surface area contributed by atoms with Crippen molar-refractivity contribution < 1.29 is 9.59 Å². The summed E-state index contributed by atoms with van der Waals surface area (Å²) >= 11 is 0. The zero-order valence-electron chi connectivity index (χ0n) is 11.8. The summed E-state index contributed by atoms with van der Waals surface area (Å²) in [4.78, 5) is 25.3. The van der Waals surface area contributed by atoms with Gasteiger partial charge in [0.1, 0.15) is 0 Å². The fourth-order valence-corrected chi connectivity index (χ4v) is 1.88. The van der Waals surface area contributed by atoms with Gasteiger partial charge in [0.15, 0.2) is 0 Å². The quantitative estimate of drug-likeness (QED) is 0.853. The van der Waals surface area contributed by atoms with E-state index in [-0.39, 0.29) is 17.9 Å². The van der Waals surface area contributed by atoms with Crippen LogP contribution < -0.4 is 5.32 Å². The lowest BCUT2D eigenvalue weighted by molar-refractivity contribution is -0.120. The van der Waals surface area contributed by atoms with Crippen molar-refractivity contribution in [3.63, 3.8) is 0 Å². The monoisotopic (exact) mass is 262 g/mol. The van der Waals surface area contributed by atoms with E-state index in [4.69, 9.17) is 0 Å². The minimum atomic E-state index is 0.0101. The molecule has 1 N–H and O–H groups in total. The molecule has 2 amide bonds. The predicted octanol–water partition coefficient (Wildman–Crippen LogP) is 2.06. The van der Waals surface area contributed by atoms with Crippen LogP contribution >= 0.6 is 0 Å². The Morgan fingerprint density at radius 1 is 1.21 bits per heavy atom. The number of carbonyl (C=O) groups excluding carboxylic acids is 2. The topological polar surface area (TPSA) is 49.4 Å². The Bertz CT molecular complexity index is 415. The Hall–Kier alpha value is -1.84. The van der Waals surface area contributed by atoms with Gasteiger partial charge < -0.3 is 10.2 Å². The third kappa shape index (κ3) is 4.73. The summed E-state index contributed by atoms with van der Waals surface area (Å²) in [5.41, 5.74) is 0.691. The van der Waals surface area contributed by atoms with E-state index in [2.05, 4.69) is 5.32 Å². The summed E-state index contributed by atoms with van der Waals surface area (Å²) in [7, 11) is 1.62. The lowest BCUT2D eigenvalue weighted by atomic mass is 10.1. The van der Waals surface area contributed by atoms with Crippen molar-refractivity contribution in [2.75, 3.05) is 13.6 Å². The molecule has 0 atom stereocenters. The van der Waals surface area contributed by atoms with Crippen LogP contribution in [-0.2, 0) is 4.79 Å². The first-order chi connectivity index (χ1) is 9.06. The number of amides is 2. The molecule has 0 aromatic heterocycles. The summed E-state index contributed by atoms with van der Waals surface area (Å²) in [6.07, 6.45) is 1.12. The molecule has 4 nitrogen and oxygen atoms in total. The highest BCUT2D eigenvalue weighted by molar-refractivity contribution is 5.94. The molecule has 0 bridgehead atoms. The second kappa shape index (κ2) is 7.56. The van der Waals surface area contributed by atoms with Crippen LogP contribution in [0.4, 0.5) is 0 Å². The Kier molecular flexibility index (Phi) is 6.06. The first-order valence-corrected chi connectivity index (χ1v) is 6.63. The zero-order chi connectivity index (χ0) is 14.3. The maximum Gasteiger partial charge on any atom is 0.254 e. The maximum atomic E-state index is 12.4. The van der Waals surface area contributed by atoms with Crippen molar-refractivity contribution in [3.05, 3.63) is 35.9 Å². The molecule has 0 unspecified atom stereocenters. The normalized spacial score (nSPS) is 10.3. The van der Waals surface area contributed by atoms with E-state index >= 15 is 0 Å². The van der Waals surface area contributed by atoms with Crippen molar-refractivity contribution in [2.45, 2.75) is 32.7 Å². The first kappa shape index (κ1) is 15.2. The van der Waals surface area contributed by atoms with Crippen molar-refractivity contribution in [1.29, 1.82) is 0 Å². The van der Waals surface area contributed by atoms with E-state index in [1.165, 1.54) is 0 Å². The lowest BCUT2D eigenvalue weighted by Gasteiger charge is -2.26. The minimum Gasteiger partial charge on any atom is -0.359 e. The first-order valence-electron chi connectivity index (χ1n) is 6.63. The number of hydrogen-bond donors (Lipinski definition) is 1. The molecule has 0 heterocycles. The van der Waals surface area contributed by atoms with Crippen LogP contribution in [0.2, 0.25) is 0 Å². The fourth-order valence-electron chi connectivity index (χ4n) is 1.88. The van der Waals surface area contributed by atoms with Gasteiger partial charge in [-0.15, -0.1) is 0 Å². The summed E-state index contributed by atoms with van der Waals surface area (Å²) < 4.78 is 0. The van der Waals surface area contributed by atoms with Crippen LogP contribution in [-0.4, -0.2) is 36.3 Å². The van der Waals surface area contributed by atoms with E-state index in [9.17, 15) is 9.59 Å². The van der Waals surface area contributed by atoms with Gasteiger partial charge in [-0.2, -0.15) is 0 Å². The van der Waals surface area contributed by atoms with Crippen LogP contribution in [0.3, 0.4) is 0 Å². The standard InChI is InChI=1S/C15H22N2O2/c1-12(2)17(11-7-10-14(18)16-3)15(19)13-8-5-4-6-9-13/h4-6,8-9,12H,7,10-11H2,1-3H3,(H,16,18). The molecule has 0 saturated carbocycles. The number of nitrogens with one attached hydrogen (secondary N) is 1. The molecule has 0 aliphatic heterocycles. The molecule has 4 heteroatoms. The van der Waals surface area contributed by atoms with Gasteiger partial charge in [0.25, 0.3) is 5.91 Å². The Morgan fingerprint density at radius 3 is 2.37 bits per heavy atom. The van der Waals surface area contributed by atoms with Crippen LogP contribution in [0.25, 0.3) is 0 Å². The second-order valence-electron chi connectivity index (χ2n) is 4.74. The average molecular weight is 262 g/mol. The van der Waals surface area contributed by atoms with Crippen LogP contribution in [0.5, 0.6) is 0 Å². The third-order valence-corrected chi connectivity index (χ3v) is 2.99. The maximum absolute atomic E-state index is 12.4. The van der Waals surface area contributed by atoms with Gasteiger partial charge in [-0.3, -0.25) is 9.59 Å². The highest BCUT2D eigenvalue weighted by Gasteiger charge is 2.18. The van der Waals surface area contributed by atoms with Crippen LogP contribution in [0.15, 0.2) is 30.3 Å². The van der Waals surface area contributed by atoms with E-state index in [1.54, 1.807) is 11.9 Å². The molecule has 0 radical (unpaired) electrons. The largest absolute Gasteiger partial charge is 0.359 e. The SMILES string of the molecule is CNC(=O)CCCN(C(=O)c1ccccc1)C(C)C. The van der Waals surface area contributed by atoms with Crippen molar-refractivity contribution in [3.8, 4) is 0 Å². The average Bonchev–Trinajstić information content (AvgIpc) is 2.43. The number of nitrogens with zero attached hydrogens (tertiary/aromatic N) is 1. The third-order valence-electron chi connectivity index (χ3n) is 2.99. The van der Waals surface area contributed by atoms with Gasteiger partial charge in [0, 0.05) is 31.6 Å². The van der Waals surface area contributed by atoms with Crippen LogP contribution in [0, 0.1) is 0 Å². The molecule has 0 saturated heterocycles. The highest BCUT2D eigenvalue weighted by Crippen LogP contribution is 2.09. The van der Waals surface area contributed by atoms with E-state index < -0.39 is 0 Å². The second-order valence-corrected chi connectivity index (χ2v) is 4.74. The molecule has 0 spiro atoms. The Morgan fingerprint density at radius 2 is 1.84 bits per heavy atom. The Labute approximate surface area is 114 Å². The van der Waals surface area contributed by atoms with Gasteiger partial charge in [-0.25, -0.2) is 0 Å². The van der Waals surface area contributed by atoms with Gasteiger partial charge in [-0.05, 0) is 32.4 Å². The zero-order valence-corrected chi connectivity index (χ0v) is 11.8. The van der Waals surface area contributed by atoms with Gasteiger partial charge in [0.2, 0.25) is 5.91 Å². The molecule has 1 aromatic rings.